The zero-order valence-electron chi connectivity index (χ0n) is 19.9. The molecular weight excluding hydrogens is 386 g/mol. The number of aryl methyl sites for hydroxylation is 2. The number of amides is 2. The Morgan fingerprint density at radius 1 is 1.03 bits per heavy atom. The number of nitrogens with zero attached hydrogens (tertiary/aromatic N) is 4. The van der Waals surface area contributed by atoms with E-state index in [9.17, 15) is 4.79 Å². The fourth-order valence-electron chi connectivity index (χ4n) is 3.84. The second kappa shape index (κ2) is 10.1. The first-order chi connectivity index (χ1) is 14.8. The highest BCUT2D eigenvalue weighted by Gasteiger charge is 2.26. The molecule has 31 heavy (non-hydrogen) atoms. The quantitative estimate of drug-likeness (QED) is 0.746. The fraction of sp³-hybridized carbons (Fsp3) is 0.560. The first kappa shape index (κ1) is 23.0. The Morgan fingerprint density at radius 2 is 1.68 bits per heavy atom. The Morgan fingerprint density at radius 3 is 2.26 bits per heavy atom. The van der Waals surface area contributed by atoms with Gasteiger partial charge in [-0.1, -0.05) is 43.7 Å². The number of piperazine rings is 1. The Kier molecular flexibility index (Phi) is 7.52. The van der Waals surface area contributed by atoms with Crippen LogP contribution in [0.2, 0.25) is 0 Å². The molecule has 2 heterocycles. The summed E-state index contributed by atoms with van der Waals surface area (Å²) >= 11 is 0. The van der Waals surface area contributed by atoms with Crippen LogP contribution >= 0.6 is 0 Å². The molecule has 0 spiro atoms. The largest absolute Gasteiger partial charge is 0.353 e. The Bertz CT molecular complexity index is 886. The minimum absolute atomic E-state index is 0.0219. The predicted molar refractivity (Wildman–Crippen MR) is 127 cm³/mol. The summed E-state index contributed by atoms with van der Waals surface area (Å²) in [6.07, 6.45) is 1.83. The molecule has 0 saturated carbocycles. The summed E-state index contributed by atoms with van der Waals surface area (Å²) in [4.78, 5) is 26.6. The van der Waals surface area contributed by atoms with E-state index in [-0.39, 0.29) is 12.1 Å². The van der Waals surface area contributed by atoms with Crippen molar-refractivity contribution in [2.24, 2.45) is 0 Å². The Balaban J connectivity index is 1.87. The molecule has 3 rings (SSSR count). The number of hydrogen-bond donors (Lipinski definition) is 1. The molecule has 2 aromatic rings. The zero-order valence-corrected chi connectivity index (χ0v) is 19.9. The predicted octanol–water partition coefficient (Wildman–Crippen LogP) is 4.44. The minimum Gasteiger partial charge on any atom is -0.353 e. The summed E-state index contributed by atoms with van der Waals surface area (Å²) in [6, 6.07) is 8.86. The van der Waals surface area contributed by atoms with Gasteiger partial charge in [0.1, 0.15) is 11.6 Å². The Hall–Kier alpha value is -2.63. The lowest BCUT2D eigenvalue weighted by molar-refractivity contribution is 0.191. The molecule has 0 aliphatic carbocycles. The van der Waals surface area contributed by atoms with Crippen LogP contribution in [-0.2, 0) is 6.42 Å². The fourth-order valence-corrected chi connectivity index (χ4v) is 3.84. The molecule has 0 radical (unpaired) electrons. The number of hydrogen-bond acceptors (Lipinski definition) is 4. The van der Waals surface area contributed by atoms with Gasteiger partial charge in [-0.2, -0.15) is 0 Å². The topological polar surface area (TPSA) is 61.4 Å². The number of anilines is 1. The standard InChI is InChI=1S/C25H37N5O/c1-7-19(5)23-27-20(6)22(16-21-10-8-18(4)9-11-21)24(28-23)29-12-14-30(15-13-29)25(31)26-17(2)3/h8-11,17,19H,7,12-16H2,1-6H3,(H,26,31)/t19-/m1/s1. The van der Waals surface area contributed by atoms with Gasteiger partial charge in [-0.3, -0.25) is 0 Å². The van der Waals surface area contributed by atoms with E-state index in [1.54, 1.807) is 0 Å². The number of nitrogens with one attached hydrogen (secondary N) is 1. The minimum atomic E-state index is 0.0219. The maximum atomic E-state index is 12.4. The van der Waals surface area contributed by atoms with Gasteiger partial charge < -0.3 is 15.1 Å². The van der Waals surface area contributed by atoms with Gasteiger partial charge >= 0.3 is 6.03 Å². The summed E-state index contributed by atoms with van der Waals surface area (Å²) in [5.41, 5.74) is 4.78. The molecule has 168 valence electrons. The van der Waals surface area contributed by atoms with Crippen LogP contribution in [0.5, 0.6) is 0 Å². The molecule has 1 fully saturated rings. The Labute approximate surface area is 187 Å². The lowest BCUT2D eigenvalue weighted by Crippen LogP contribution is -2.53. The summed E-state index contributed by atoms with van der Waals surface area (Å²) in [5.74, 6) is 2.28. The number of carbonyl (C=O) groups excluding carboxylic acids is 1. The van der Waals surface area contributed by atoms with Crippen molar-refractivity contribution >= 4 is 11.8 Å². The molecular formula is C25H37N5O. The van der Waals surface area contributed by atoms with Crippen LogP contribution in [0, 0.1) is 13.8 Å². The highest BCUT2D eigenvalue weighted by molar-refractivity contribution is 5.74. The van der Waals surface area contributed by atoms with Crippen LogP contribution in [0.25, 0.3) is 0 Å². The van der Waals surface area contributed by atoms with Crippen LogP contribution in [0.15, 0.2) is 24.3 Å². The second-order valence-electron chi connectivity index (χ2n) is 9.02. The molecule has 1 saturated heterocycles. The molecule has 6 nitrogen and oxygen atoms in total. The van der Waals surface area contributed by atoms with Crippen molar-refractivity contribution < 1.29 is 4.79 Å². The number of carbonyl (C=O) groups is 1. The molecule has 1 aliphatic heterocycles. The molecule has 1 aromatic heterocycles. The van der Waals surface area contributed by atoms with Gasteiger partial charge in [-0.05, 0) is 39.7 Å². The van der Waals surface area contributed by atoms with Crippen molar-refractivity contribution in [3.63, 3.8) is 0 Å². The number of aromatic nitrogens is 2. The maximum absolute atomic E-state index is 12.4. The van der Waals surface area contributed by atoms with E-state index in [1.165, 1.54) is 16.7 Å². The lowest BCUT2D eigenvalue weighted by atomic mass is 10.0. The molecule has 1 atom stereocenters. The highest BCUT2D eigenvalue weighted by Crippen LogP contribution is 2.28. The average Bonchev–Trinajstić information content (AvgIpc) is 2.75. The SMILES string of the molecule is CC[C@@H](C)c1nc(C)c(Cc2ccc(C)cc2)c(N2CCN(C(=O)NC(C)C)CC2)n1. The van der Waals surface area contributed by atoms with Crippen LogP contribution in [0.4, 0.5) is 10.6 Å². The monoisotopic (exact) mass is 423 g/mol. The van der Waals surface area contributed by atoms with Crippen molar-refractivity contribution in [2.75, 3.05) is 31.1 Å². The average molecular weight is 424 g/mol. The van der Waals surface area contributed by atoms with E-state index >= 15 is 0 Å². The number of benzene rings is 1. The lowest BCUT2D eigenvalue weighted by Gasteiger charge is -2.37. The second-order valence-corrected chi connectivity index (χ2v) is 9.02. The van der Waals surface area contributed by atoms with Crippen LogP contribution < -0.4 is 10.2 Å². The van der Waals surface area contributed by atoms with Crippen molar-refractivity contribution in [1.82, 2.24) is 20.2 Å². The third-order valence-corrected chi connectivity index (χ3v) is 6.04. The van der Waals surface area contributed by atoms with E-state index in [1.807, 2.05) is 18.7 Å². The van der Waals surface area contributed by atoms with Gasteiger partial charge in [0.25, 0.3) is 0 Å². The van der Waals surface area contributed by atoms with Gasteiger partial charge in [0.2, 0.25) is 0 Å². The van der Waals surface area contributed by atoms with Crippen LogP contribution in [0.3, 0.4) is 0 Å². The first-order valence-corrected chi connectivity index (χ1v) is 11.5. The number of urea groups is 1. The third kappa shape index (κ3) is 5.75. The van der Waals surface area contributed by atoms with E-state index in [0.717, 1.165) is 43.3 Å². The van der Waals surface area contributed by atoms with E-state index in [0.29, 0.717) is 19.0 Å². The first-order valence-electron chi connectivity index (χ1n) is 11.5. The molecule has 1 aromatic carbocycles. The van der Waals surface area contributed by atoms with E-state index in [2.05, 4.69) is 62.2 Å². The van der Waals surface area contributed by atoms with E-state index < -0.39 is 0 Å². The summed E-state index contributed by atoms with van der Waals surface area (Å²) in [5, 5.41) is 3.00. The van der Waals surface area contributed by atoms with Crippen LogP contribution in [0.1, 0.15) is 68.2 Å². The van der Waals surface area contributed by atoms with Gasteiger partial charge in [0.15, 0.2) is 0 Å². The van der Waals surface area contributed by atoms with Crippen molar-refractivity contribution in [3.8, 4) is 0 Å². The highest BCUT2D eigenvalue weighted by atomic mass is 16.2. The molecule has 0 bridgehead atoms. The third-order valence-electron chi connectivity index (χ3n) is 6.04. The van der Waals surface area contributed by atoms with Gasteiger partial charge in [0.05, 0.1) is 0 Å². The molecule has 6 heteroatoms. The molecule has 1 N–H and O–H groups in total. The van der Waals surface area contributed by atoms with E-state index in [4.69, 9.17) is 9.97 Å². The van der Waals surface area contributed by atoms with Crippen molar-refractivity contribution in [1.29, 1.82) is 0 Å². The summed E-state index contributed by atoms with van der Waals surface area (Å²) in [6.45, 7) is 15.5. The number of rotatable bonds is 6. The molecule has 1 aliphatic rings. The smallest absolute Gasteiger partial charge is 0.317 e. The van der Waals surface area contributed by atoms with Gasteiger partial charge in [-0.25, -0.2) is 14.8 Å². The normalized spacial score (nSPS) is 15.3. The van der Waals surface area contributed by atoms with Crippen molar-refractivity contribution in [2.45, 2.75) is 66.3 Å². The van der Waals surface area contributed by atoms with Crippen LogP contribution in [-0.4, -0.2) is 53.1 Å². The summed E-state index contributed by atoms with van der Waals surface area (Å²) < 4.78 is 0. The summed E-state index contributed by atoms with van der Waals surface area (Å²) in [7, 11) is 0. The van der Waals surface area contributed by atoms with Gasteiger partial charge in [-0.15, -0.1) is 0 Å². The zero-order chi connectivity index (χ0) is 22.5. The van der Waals surface area contributed by atoms with Gasteiger partial charge in [0, 0.05) is 55.8 Å². The maximum Gasteiger partial charge on any atom is 0.317 e. The molecule has 0 unspecified atom stereocenters. The van der Waals surface area contributed by atoms with Crippen molar-refractivity contribution in [3.05, 3.63) is 52.5 Å². The molecule has 2 amide bonds.